The smallest absolute Gasteiger partial charge is 0.331 e. The number of carbonyl (C=O) groups is 1. The van der Waals surface area contributed by atoms with Crippen LogP contribution >= 0.6 is 0 Å². The van der Waals surface area contributed by atoms with Gasteiger partial charge < -0.3 is 5.11 Å². The number of carboxylic acids is 1. The van der Waals surface area contributed by atoms with E-state index in [0.29, 0.717) is 24.0 Å². The van der Waals surface area contributed by atoms with Crippen molar-refractivity contribution in [1.82, 2.24) is 0 Å². The predicted molar refractivity (Wildman–Crippen MR) is 61.5 cm³/mol. The van der Waals surface area contributed by atoms with E-state index in [1.54, 1.807) is 25.1 Å². The number of allylic oxidation sites excluding steroid dienone is 1. The molecule has 0 fully saturated rings. The zero-order chi connectivity index (χ0) is 12.1. The molecule has 0 spiro atoms. The molecule has 86 valence electrons. The highest BCUT2D eigenvalue weighted by molar-refractivity contribution is 5.96. The molecule has 0 heterocycles. The maximum Gasteiger partial charge on any atom is 0.331 e. The average molecular weight is 222 g/mol. The molecule has 0 aromatic heterocycles. The summed E-state index contributed by atoms with van der Waals surface area (Å²) in [6.45, 7) is 3.60. The van der Waals surface area contributed by atoms with Gasteiger partial charge in [-0.1, -0.05) is 32.0 Å². The Kier molecular flexibility index (Phi) is 4.23. The van der Waals surface area contributed by atoms with Crippen LogP contribution in [0.3, 0.4) is 0 Å². The van der Waals surface area contributed by atoms with E-state index >= 15 is 0 Å². The molecule has 0 atom stereocenters. The summed E-state index contributed by atoms with van der Waals surface area (Å²) in [4.78, 5) is 11.0. The van der Waals surface area contributed by atoms with Gasteiger partial charge in [-0.05, 0) is 24.5 Å². The van der Waals surface area contributed by atoms with E-state index in [-0.39, 0.29) is 11.4 Å². The highest BCUT2D eigenvalue weighted by Crippen LogP contribution is 2.26. The van der Waals surface area contributed by atoms with Crippen LogP contribution < -0.4 is 0 Å². The van der Waals surface area contributed by atoms with E-state index in [1.807, 2.05) is 6.92 Å². The molecule has 0 aliphatic heterocycles. The lowest BCUT2D eigenvalue weighted by molar-refractivity contribution is -0.132. The molecule has 0 saturated heterocycles. The van der Waals surface area contributed by atoms with Crippen molar-refractivity contribution in [3.05, 3.63) is 41.2 Å². The summed E-state index contributed by atoms with van der Waals surface area (Å²) in [7, 11) is 0. The van der Waals surface area contributed by atoms with Gasteiger partial charge in [-0.15, -0.1) is 0 Å². The molecule has 1 rings (SSSR count). The number of rotatable bonds is 4. The van der Waals surface area contributed by atoms with Crippen LogP contribution in [0, 0.1) is 5.82 Å². The molecule has 0 amide bonds. The largest absolute Gasteiger partial charge is 0.478 e. The molecule has 0 bridgehead atoms. The third-order valence-corrected chi connectivity index (χ3v) is 2.53. The minimum absolute atomic E-state index is 0.285. The third-order valence-electron chi connectivity index (χ3n) is 2.53. The fourth-order valence-corrected chi connectivity index (χ4v) is 1.77. The minimum atomic E-state index is -0.970. The third kappa shape index (κ3) is 2.48. The molecule has 0 aliphatic rings. The van der Waals surface area contributed by atoms with Gasteiger partial charge in [0.25, 0.3) is 0 Å². The van der Waals surface area contributed by atoms with Gasteiger partial charge in [0.2, 0.25) is 0 Å². The zero-order valence-corrected chi connectivity index (χ0v) is 9.46. The van der Waals surface area contributed by atoms with Crippen LogP contribution in [0.1, 0.15) is 32.3 Å². The molecule has 2 nitrogen and oxygen atoms in total. The standard InChI is InChI=1S/C13H15FO2/c1-3-9(10(4-2)13(15)16)11-7-5-6-8-12(11)14/h5-8H,3-4H2,1-2H3,(H,15,16). The second-order valence-corrected chi connectivity index (χ2v) is 3.45. The summed E-state index contributed by atoms with van der Waals surface area (Å²) in [5.41, 5.74) is 1.25. The quantitative estimate of drug-likeness (QED) is 0.792. The van der Waals surface area contributed by atoms with E-state index in [1.165, 1.54) is 6.07 Å². The maximum absolute atomic E-state index is 13.6. The SMILES string of the molecule is CCC(C(=O)O)=C(CC)c1ccccc1F. The molecule has 0 radical (unpaired) electrons. The van der Waals surface area contributed by atoms with Crippen molar-refractivity contribution in [3.63, 3.8) is 0 Å². The van der Waals surface area contributed by atoms with E-state index in [2.05, 4.69) is 0 Å². The average Bonchev–Trinajstić information content (AvgIpc) is 2.26. The molecule has 0 aliphatic carbocycles. The predicted octanol–water partition coefficient (Wildman–Crippen LogP) is 3.48. The summed E-state index contributed by atoms with van der Waals surface area (Å²) in [5.74, 6) is -1.34. The van der Waals surface area contributed by atoms with Crippen LogP contribution in [0.4, 0.5) is 4.39 Å². The number of hydrogen-bond acceptors (Lipinski definition) is 1. The van der Waals surface area contributed by atoms with E-state index < -0.39 is 5.97 Å². The zero-order valence-electron chi connectivity index (χ0n) is 9.46. The minimum Gasteiger partial charge on any atom is -0.478 e. The summed E-state index contributed by atoms with van der Waals surface area (Å²) < 4.78 is 13.6. The second-order valence-electron chi connectivity index (χ2n) is 3.45. The van der Waals surface area contributed by atoms with Crippen LogP contribution in [0.5, 0.6) is 0 Å². The lowest BCUT2D eigenvalue weighted by atomic mass is 9.96. The van der Waals surface area contributed by atoms with Crippen molar-refractivity contribution in [2.75, 3.05) is 0 Å². The van der Waals surface area contributed by atoms with Crippen molar-refractivity contribution in [1.29, 1.82) is 0 Å². The van der Waals surface area contributed by atoms with Gasteiger partial charge >= 0.3 is 5.97 Å². The molecular formula is C13H15FO2. The van der Waals surface area contributed by atoms with Gasteiger partial charge in [0.15, 0.2) is 0 Å². The Balaban J connectivity index is 3.36. The monoisotopic (exact) mass is 222 g/mol. The first-order valence-electron chi connectivity index (χ1n) is 5.32. The van der Waals surface area contributed by atoms with Crippen molar-refractivity contribution in [2.24, 2.45) is 0 Å². The van der Waals surface area contributed by atoms with Gasteiger partial charge in [-0.3, -0.25) is 0 Å². The van der Waals surface area contributed by atoms with Crippen molar-refractivity contribution < 1.29 is 14.3 Å². The van der Waals surface area contributed by atoms with Crippen LogP contribution in [-0.2, 0) is 4.79 Å². The Morgan fingerprint density at radius 1 is 1.25 bits per heavy atom. The number of halogens is 1. The molecule has 3 heteroatoms. The maximum atomic E-state index is 13.6. The summed E-state index contributed by atoms with van der Waals surface area (Å²) in [6.07, 6.45) is 0.906. The van der Waals surface area contributed by atoms with Crippen molar-refractivity contribution >= 4 is 11.5 Å². The fraction of sp³-hybridized carbons (Fsp3) is 0.308. The number of carboxylic acid groups (broad SMARTS) is 1. The van der Waals surface area contributed by atoms with Crippen LogP contribution in [0.25, 0.3) is 5.57 Å². The number of hydrogen-bond donors (Lipinski definition) is 1. The molecule has 0 saturated carbocycles. The lowest BCUT2D eigenvalue weighted by Gasteiger charge is -2.10. The summed E-state index contributed by atoms with van der Waals surface area (Å²) in [5, 5.41) is 9.05. The molecule has 16 heavy (non-hydrogen) atoms. The highest BCUT2D eigenvalue weighted by atomic mass is 19.1. The number of aliphatic carboxylic acids is 1. The van der Waals surface area contributed by atoms with E-state index in [0.717, 1.165) is 0 Å². The molecular weight excluding hydrogens is 207 g/mol. The summed E-state index contributed by atoms with van der Waals surface area (Å²) >= 11 is 0. The van der Waals surface area contributed by atoms with Crippen molar-refractivity contribution in [2.45, 2.75) is 26.7 Å². The Labute approximate surface area is 94.4 Å². The summed E-state index contributed by atoms with van der Waals surface area (Å²) in [6, 6.07) is 6.27. The van der Waals surface area contributed by atoms with E-state index in [9.17, 15) is 9.18 Å². The first-order valence-corrected chi connectivity index (χ1v) is 5.32. The van der Waals surface area contributed by atoms with Crippen LogP contribution in [0.2, 0.25) is 0 Å². The fourth-order valence-electron chi connectivity index (χ4n) is 1.77. The Bertz CT molecular complexity index is 422. The molecule has 1 aromatic carbocycles. The van der Waals surface area contributed by atoms with Gasteiger partial charge in [-0.2, -0.15) is 0 Å². The van der Waals surface area contributed by atoms with Gasteiger partial charge in [0, 0.05) is 11.1 Å². The van der Waals surface area contributed by atoms with Crippen LogP contribution in [0.15, 0.2) is 29.8 Å². The number of benzene rings is 1. The lowest BCUT2D eigenvalue weighted by Crippen LogP contribution is -2.04. The van der Waals surface area contributed by atoms with Gasteiger partial charge in [0.05, 0.1) is 0 Å². The Morgan fingerprint density at radius 3 is 2.31 bits per heavy atom. The first-order chi connectivity index (χ1) is 7.61. The molecule has 1 aromatic rings. The van der Waals surface area contributed by atoms with Crippen molar-refractivity contribution in [3.8, 4) is 0 Å². The van der Waals surface area contributed by atoms with Gasteiger partial charge in [-0.25, -0.2) is 9.18 Å². The molecule has 1 N–H and O–H groups in total. The second kappa shape index (κ2) is 5.45. The Morgan fingerprint density at radius 2 is 1.88 bits per heavy atom. The first kappa shape index (κ1) is 12.4. The highest BCUT2D eigenvalue weighted by Gasteiger charge is 2.15. The van der Waals surface area contributed by atoms with Gasteiger partial charge in [0.1, 0.15) is 5.82 Å². The van der Waals surface area contributed by atoms with E-state index in [4.69, 9.17) is 5.11 Å². The Hall–Kier alpha value is -1.64. The van der Waals surface area contributed by atoms with Crippen LogP contribution in [-0.4, -0.2) is 11.1 Å². The molecule has 0 unspecified atom stereocenters. The topological polar surface area (TPSA) is 37.3 Å². The normalized spacial score (nSPS) is 12.2.